The molecular formula is C11H12N4. The van der Waals surface area contributed by atoms with E-state index in [0.717, 1.165) is 17.9 Å². The highest BCUT2D eigenvalue weighted by Crippen LogP contribution is 2.35. The quantitative estimate of drug-likeness (QED) is 0.645. The Morgan fingerprint density at radius 2 is 1.93 bits per heavy atom. The molecule has 2 heterocycles. The average Bonchev–Trinajstić information content (AvgIpc) is 2.59. The molecule has 0 fully saturated rings. The summed E-state index contributed by atoms with van der Waals surface area (Å²) < 4.78 is 0. The summed E-state index contributed by atoms with van der Waals surface area (Å²) in [6.07, 6.45) is 0. The van der Waals surface area contributed by atoms with E-state index in [9.17, 15) is 0 Å². The van der Waals surface area contributed by atoms with Crippen molar-refractivity contribution in [3.8, 4) is 11.3 Å². The molecule has 4 nitrogen and oxygen atoms in total. The number of fused-ring (bicyclic) bond motifs is 3. The lowest BCUT2D eigenvalue weighted by molar-refractivity contribution is 0.645. The molecule has 0 unspecified atom stereocenters. The SMILES string of the molecule is CN1Cc2nn(C)nc2-c2ccccc21. The molecule has 1 aromatic heterocycles. The van der Waals surface area contributed by atoms with Crippen LogP contribution in [-0.4, -0.2) is 22.0 Å². The highest BCUT2D eigenvalue weighted by Gasteiger charge is 2.23. The Balaban J connectivity index is 2.29. The molecule has 3 rings (SSSR count). The number of hydrogen-bond acceptors (Lipinski definition) is 3. The van der Waals surface area contributed by atoms with Crippen LogP contribution in [0.2, 0.25) is 0 Å². The highest BCUT2D eigenvalue weighted by molar-refractivity contribution is 5.80. The normalized spacial score (nSPS) is 13.6. The van der Waals surface area contributed by atoms with Crippen molar-refractivity contribution in [1.29, 1.82) is 0 Å². The van der Waals surface area contributed by atoms with Gasteiger partial charge in [-0.05, 0) is 6.07 Å². The van der Waals surface area contributed by atoms with Gasteiger partial charge in [0.25, 0.3) is 0 Å². The van der Waals surface area contributed by atoms with Crippen LogP contribution in [0.15, 0.2) is 24.3 Å². The maximum atomic E-state index is 4.41. The number of rotatable bonds is 0. The van der Waals surface area contributed by atoms with Gasteiger partial charge in [0.15, 0.2) is 0 Å². The minimum atomic E-state index is 0.834. The van der Waals surface area contributed by atoms with E-state index >= 15 is 0 Å². The third-order valence-corrected chi connectivity index (χ3v) is 2.74. The second kappa shape index (κ2) is 2.82. The van der Waals surface area contributed by atoms with Crippen molar-refractivity contribution in [2.45, 2.75) is 6.54 Å². The highest BCUT2D eigenvalue weighted by atomic mass is 15.5. The van der Waals surface area contributed by atoms with Crippen LogP contribution in [0.5, 0.6) is 0 Å². The summed E-state index contributed by atoms with van der Waals surface area (Å²) in [5.74, 6) is 0. The lowest BCUT2D eigenvalue weighted by Gasteiger charge is -2.25. The monoisotopic (exact) mass is 200 g/mol. The van der Waals surface area contributed by atoms with Crippen molar-refractivity contribution in [3.63, 3.8) is 0 Å². The number of nitrogens with zero attached hydrogens (tertiary/aromatic N) is 4. The Kier molecular flexibility index (Phi) is 1.59. The van der Waals surface area contributed by atoms with E-state index in [0.29, 0.717) is 0 Å². The number of anilines is 1. The molecule has 1 aliphatic rings. The second-order valence-electron chi connectivity index (χ2n) is 3.86. The van der Waals surface area contributed by atoms with Gasteiger partial charge < -0.3 is 4.90 Å². The van der Waals surface area contributed by atoms with Crippen LogP contribution in [0.3, 0.4) is 0 Å². The zero-order valence-electron chi connectivity index (χ0n) is 8.81. The summed E-state index contributed by atoms with van der Waals surface area (Å²) in [6.45, 7) is 0.834. The van der Waals surface area contributed by atoms with Gasteiger partial charge in [-0.15, -0.1) is 0 Å². The summed E-state index contributed by atoms with van der Waals surface area (Å²) in [5, 5.41) is 8.77. The van der Waals surface area contributed by atoms with E-state index in [1.807, 2.05) is 13.1 Å². The number of hydrogen-bond donors (Lipinski definition) is 0. The summed E-state index contributed by atoms with van der Waals surface area (Å²) in [4.78, 5) is 3.84. The molecule has 15 heavy (non-hydrogen) atoms. The van der Waals surface area contributed by atoms with Gasteiger partial charge in [-0.2, -0.15) is 15.0 Å². The molecular weight excluding hydrogens is 188 g/mol. The predicted molar refractivity (Wildman–Crippen MR) is 58.5 cm³/mol. The first-order valence-electron chi connectivity index (χ1n) is 4.96. The number of para-hydroxylation sites is 1. The van der Waals surface area contributed by atoms with Gasteiger partial charge in [-0.1, -0.05) is 18.2 Å². The molecule has 0 saturated carbocycles. The van der Waals surface area contributed by atoms with E-state index in [4.69, 9.17) is 0 Å². The molecule has 0 bridgehead atoms. The fourth-order valence-electron chi connectivity index (χ4n) is 2.08. The van der Waals surface area contributed by atoms with Gasteiger partial charge in [-0.25, -0.2) is 0 Å². The van der Waals surface area contributed by atoms with Crippen molar-refractivity contribution in [1.82, 2.24) is 15.0 Å². The van der Waals surface area contributed by atoms with Gasteiger partial charge in [-0.3, -0.25) is 0 Å². The summed E-state index contributed by atoms with van der Waals surface area (Å²) in [6, 6.07) is 8.30. The van der Waals surface area contributed by atoms with Crippen molar-refractivity contribution in [2.75, 3.05) is 11.9 Å². The Morgan fingerprint density at radius 3 is 2.80 bits per heavy atom. The number of benzene rings is 1. The zero-order chi connectivity index (χ0) is 10.4. The maximum Gasteiger partial charge on any atom is 0.120 e. The van der Waals surface area contributed by atoms with Gasteiger partial charge in [0.05, 0.1) is 6.54 Å². The second-order valence-corrected chi connectivity index (χ2v) is 3.86. The first-order valence-corrected chi connectivity index (χ1v) is 4.96. The first-order chi connectivity index (χ1) is 7.25. The summed E-state index contributed by atoms with van der Waals surface area (Å²) >= 11 is 0. The van der Waals surface area contributed by atoms with Gasteiger partial charge >= 0.3 is 0 Å². The Labute approximate surface area is 88.1 Å². The fourth-order valence-corrected chi connectivity index (χ4v) is 2.08. The summed E-state index contributed by atoms with van der Waals surface area (Å²) in [5.41, 5.74) is 4.48. The lowest BCUT2D eigenvalue weighted by atomic mass is 10.0. The van der Waals surface area contributed by atoms with Gasteiger partial charge in [0.2, 0.25) is 0 Å². The van der Waals surface area contributed by atoms with Crippen LogP contribution in [0.1, 0.15) is 5.69 Å². The molecule has 0 spiro atoms. The van der Waals surface area contributed by atoms with Crippen molar-refractivity contribution >= 4 is 5.69 Å². The van der Waals surface area contributed by atoms with E-state index < -0.39 is 0 Å². The molecule has 0 amide bonds. The third kappa shape index (κ3) is 1.14. The lowest BCUT2D eigenvalue weighted by Crippen LogP contribution is -2.21. The molecule has 0 atom stereocenters. The van der Waals surface area contributed by atoms with Crippen LogP contribution in [-0.2, 0) is 13.6 Å². The third-order valence-electron chi connectivity index (χ3n) is 2.74. The molecule has 0 N–H and O–H groups in total. The number of aromatic nitrogens is 3. The Hall–Kier alpha value is -1.84. The first kappa shape index (κ1) is 8.47. The van der Waals surface area contributed by atoms with Crippen LogP contribution >= 0.6 is 0 Å². The van der Waals surface area contributed by atoms with Crippen molar-refractivity contribution in [3.05, 3.63) is 30.0 Å². The molecule has 0 radical (unpaired) electrons. The van der Waals surface area contributed by atoms with E-state index in [1.54, 1.807) is 4.80 Å². The Morgan fingerprint density at radius 1 is 1.13 bits per heavy atom. The van der Waals surface area contributed by atoms with E-state index in [-0.39, 0.29) is 0 Å². The number of aryl methyl sites for hydroxylation is 1. The minimum absolute atomic E-state index is 0.834. The van der Waals surface area contributed by atoms with Crippen LogP contribution < -0.4 is 4.90 Å². The average molecular weight is 200 g/mol. The largest absolute Gasteiger partial charge is 0.368 e. The zero-order valence-corrected chi connectivity index (χ0v) is 8.81. The van der Waals surface area contributed by atoms with Crippen LogP contribution in [0, 0.1) is 0 Å². The van der Waals surface area contributed by atoms with Crippen molar-refractivity contribution in [2.24, 2.45) is 7.05 Å². The standard InChI is InChI=1S/C11H12N4/c1-14-7-9-11(13-15(2)12-9)8-5-3-4-6-10(8)14/h3-6H,7H2,1-2H3. The maximum absolute atomic E-state index is 4.41. The molecule has 0 aliphatic carbocycles. The molecule has 2 aromatic rings. The smallest absolute Gasteiger partial charge is 0.120 e. The van der Waals surface area contributed by atoms with Crippen LogP contribution in [0.25, 0.3) is 11.3 Å². The molecule has 0 saturated heterocycles. The van der Waals surface area contributed by atoms with E-state index in [2.05, 4.69) is 40.3 Å². The topological polar surface area (TPSA) is 34.0 Å². The van der Waals surface area contributed by atoms with Gasteiger partial charge in [0, 0.05) is 25.3 Å². The van der Waals surface area contributed by atoms with Crippen molar-refractivity contribution < 1.29 is 0 Å². The molecule has 1 aromatic carbocycles. The Bertz CT molecular complexity index is 515. The predicted octanol–water partition coefficient (Wildman–Crippen LogP) is 1.43. The summed E-state index contributed by atoms with van der Waals surface area (Å²) in [7, 11) is 3.94. The fraction of sp³-hybridized carbons (Fsp3) is 0.273. The molecule has 4 heteroatoms. The van der Waals surface area contributed by atoms with E-state index in [1.165, 1.54) is 11.3 Å². The van der Waals surface area contributed by atoms with Gasteiger partial charge in [0.1, 0.15) is 11.4 Å². The molecule has 1 aliphatic heterocycles. The minimum Gasteiger partial charge on any atom is -0.368 e. The molecule has 76 valence electrons. The van der Waals surface area contributed by atoms with Crippen LogP contribution in [0.4, 0.5) is 5.69 Å².